The summed E-state index contributed by atoms with van der Waals surface area (Å²) in [6.07, 6.45) is 2.97. The zero-order valence-electron chi connectivity index (χ0n) is 7.66. The van der Waals surface area contributed by atoms with Crippen LogP contribution >= 0.6 is 0 Å². The largest absolute Gasteiger partial charge is 0.228 e. The smallest absolute Gasteiger partial charge is 0.212 e. The average molecular weight is 191 g/mol. The molecule has 0 saturated carbocycles. The van der Waals surface area contributed by atoms with Gasteiger partial charge in [0.1, 0.15) is 0 Å². The molecule has 3 nitrogen and oxygen atoms in total. The summed E-state index contributed by atoms with van der Waals surface area (Å²) in [6.45, 7) is 7.27. The van der Waals surface area contributed by atoms with Crippen LogP contribution in [0.3, 0.4) is 0 Å². The minimum atomic E-state index is -3.38. The fourth-order valence-electron chi connectivity index (χ4n) is 1.37. The maximum absolute atomic E-state index is 11.0. The predicted molar refractivity (Wildman–Crippen MR) is 51.2 cm³/mol. The van der Waals surface area contributed by atoms with Gasteiger partial charge in [0.05, 0.1) is 5.25 Å². The van der Waals surface area contributed by atoms with Crippen molar-refractivity contribution in [2.24, 2.45) is 11.1 Å². The number of allylic oxidation sites excluding steroid dienone is 1. The van der Waals surface area contributed by atoms with Crippen LogP contribution in [0.1, 0.15) is 26.7 Å². The highest BCUT2D eigenvalue weighted by Crippen LogP contribution is 2.17. The molecule has 4 heteroatoms. The van der Waals surface area contributed by atoms with Crippen molar-refractivity contribution < 1.29 is 8.42 Å². The maximum Gasteiger partial charge on any atom is 0.212 e. The van der Waals surface area contributed by atoms with E-state index in [9.17, 15) is 8.42 Å². The van der Waals surface area contributed by atoms with Gasteiger partial charge in [-0.15, -0.1) is 6.58 Å². The molecular formula is C8H17NO2S. The molecule has 0 heterocycles. The third kappa shape index (κ3) is 3.36. The Morgan fingerprint density at radius 2 is 2.08 bits per heavy atom. The first-order valence-corrected chi connectivity index (χ1v) is 5.66. The van der Waals surface area contributed by atoms with Gasteiger partial charge in [0.15, 0.2) is 0 Å². The van der Waals surface area contributed by atoms with Crippen LogP contribution in [0.2, 0.25) is 0 Å². The van der Waals surface area contributed by atoms with Crippen LogP contribution < -0.4 is 5.14 Å². The molecular weight excluding hydrogens is 174 g/mol. The lowest BCUT2D eigenvalue weighted by Crippen LogP contribution is -2.33. The zero-order valence-corrected chi connectivity index (χ0v) is 8.47. The molecule has 0 fully saturated rings. The van der Waals surface area contributed by atoms with Crippen molar-refractivity contribution in [3.63, 3.8) is 0 Å². The molecule has 0 aliphatic rings. The second kappa shape index (κ2) is 4.62. The van der Waals surface area contributed by atoms with E-state index in [1.807, 2.05) is 13.8 Å². The molecule has 0 aromatic rings. The summed E-state index contributed by atoms with van der Waals surface area (Å²) in [7, 11) is -3.38. The number of nitrogens with two attached hydrogens (primary N) is 1. The highest BCUT2D eigenvalue weighted by atomic mass is 32.2. The van der Waals surface area contributed by atoms with Crippen LogP contribution in [0.25, 0.3) is 0 Å². The fourth-order valence-corrected chi connectivity index (χ4v) is 2.60. The van der Waals surface area contributed by atoms with Crippen molar-refractivity contribution in [1.29, 1.82) is 0 Å². The number of rotatable bonds is 5. The van der Waals surface area contributed by atoms with Gasteiger partial charge < -0.3 is 0 Å². The van der Waals surface area contributed by atoms with Crippen LogP contribution in [0.5, 0.6) is 0 Å². The molecule has 0 aliphatic carbocycles. The van der Waals surface area contributed by atoms with Crippen molar-refractivity contribution in [2.75, 3.05) is 0 Å². The summed E-state index contributed by atoms with van der Waals surface area (Å²) < 4.78 is 22.0. The molecule has 0 rings (SSSR count). The number of hydrogen-bond donors (Lipinski definition) is 1. The highest BCUT2D eigenvalue weighted by Gasteiger charge is 2.24. The van der Waals surface area contributed by atoms with Crippen LogP contribution in [-0.4, -0.2) is 13.7 Å². The van der Waals surface area contributed by atoms with E-state index in [4.69, 9.17) is 5.14 Å². The van der Waals surface area contributed by atoms with Crippen molar-refractivity contribution >= 4 is 10.0 Å². The zero-order chi connectivity index (χ0) is 9.78. The van der Waals surface area contributed by atoms with E-state index in [0.717, 1.165) is 0 Å². The van der Waals surface area contributed by atoms with Crippen molar-refractivity contribution in [3.8, 4) is 0 Å². The van der Waals surface area contributed by atoms with Gasteiger partial charge in [-0.3, -0.25) is 0 Å². The van der Waals surface area contributed by atoms with E-state index in [2.05, 4.69) is 6.58 Å². The number of sulfonamides is 1. The van der Waals surface area contributed by atoms with Gasteiger partial charge in [-0.05, 0) is 18.8 Å². The molecule has 0 unspecified atom stereocenters. The Kier molecular flexibility index (Phi) is 4.49. The summed E-state index contributed by atoms with van der Waals surface area (Å²) in [4.78, 5) is 0. The standard InChI is InChI=1S/C8H17NO2S/c1-4-6-7(3)8(5-2)12(9,10)11/h4,7-8H,1,5-6H2,2-3H3,(H2,9,10,11)/t7-,8+/m1/s1. The van der Waals surface area contributed by atoms with E-state index < -0.39 is 15.3 Å². The second-order valence-electron chi connectivity index (χ2n) is 3.04. The second-order valence-corrected chi connectivity index (χ2v) is 4.82. The fraction of sp³-hybridized carbons (Fsp3) is 0.750. The van der Waals surface area contributed by atoms with Crippen molar-refractivity contribution in [2.45, 2.75) is 31.9 Å². The molecule has 72 valence electrons. The summed E-state index contributed by atoms with van der Waals surface area (Å²) >= 11 is 0. The quantitative estimate of drug-likeness (QED) is 0.665. The lowest BCUT2D eigenvalue weighted by Gasteiger charge is -2.18. The van der Waals surface area contributed by atoms with Crippen LogP contribution in [0.15, 0.2) is 12.7 Å². The first-order chi connectivity index (χ1) is 5.43. The predicted octanol–water partition coefficient (Wildman–Crippen LogP) is 1.27. The lowest BCUT2D eigenvalue weighted by atomic mass is 10.0. The Hall–Kier alpha value is -0.350. The van der Waals surface area contributed by atoms with Crippen LogP contribution in [0, 0.1) is 5.92 Å². The molecule has 0 aromatic carbocycles. The Bertz CT molecular complexity index is 233. The highest BCUT2D eigenvalue weighted by molar-refractivity contribution is 7.89. The topological polar surface area (TPSA) is 60.2 Å². The Morgan fingerprint density at radius 1 is 1.58 bits per heavy atom. The van der Waals surface area contributed by atoms with Gasteiger partial charge >= 0.3 is 0 Å². The average Bonchev–Trinajstić information content (AvgIpc) is 1.85. The lowest BCUT2D eigenvalue weighted by molar-refractivity contribution is 0.499. The van der Waals surface area contributed by atoms with E-state index in [1.54, 1.807) is 6.08 Å². The van der Waals surface area contributed by atoms with E-state index in [1.165, 1.54) is 0 Å². The molecule has 0 spiro atoms. The molecule has 2 atom stereocenters. The van der Waals surface area contributed by atoms with Crippen LogP contribution in [-0.2, 0) is 10.0 Å². The Morgan fingerprint density at radius 3 is 2.33 bits per heavy atom. The van der Waals surface area contributed by atoms with Gasteiger partial charge in [-0.2, -0.15) is 0 Å². The molecule has 0 aromatic heterocycles. The minimum absolute atomic E-state index is 0.0579. The molecule has 0 bridgehead atoms. The first-order valence-electron chi connectivity index (χ1n) is 4.06. The van der Waals surface area contributed by atoms with E-state index >= 15 is 0 Å². The molecule has 0 saturated heterocycles. The normalized spacial score (nSPS) is 16.9. The summed E-state index contributed by atoms with van der Waals surface area (Å²) in [5.74, 6) is 0.0579. The third-order valence-electron chi connectivity index (χ3n) is 2.00. The molecule has 2 N–H and O–H groups in total. The summed E-state index contributed by atoms with van der Waals surface area (Å²) in [6, 6.07) is 0. The summed E-state index contributed by atoms with van der Waals surface area (Å²) in [5.41, 5.74) is 0. The molecule has 0 aliphatic heterocycles. The SMILES string of the molecule is C=CC[C@@H](C)[C@H](CC)S(N)(=O)=O. The van der Waals surface area contributed by atoms with Gasteiger partial charge in [0.2, 0.25) is 10.0 Å². The molecule has 0 radical (unpaired) electrons. The minimum Gasteiger partial charge on any atom is -0.228 e. The van der Waals surface area contributed by atoms with Gasteiger partial charge in [-0.25, -0.2) is 13.6 Å². The maximum atomic E-state index is 11.0. The number of primary sulfonamides is 1. The van der Waals surface area contributed by atoms with Crippen molar-refractivity contribution in [1.82, 2.24) is 0 Å². The monoisotopic (exact) mass is 191 g/mol. The van der Waals surface area contributed by atoms with Crippen molar-refractivity contribution in [3.05, 3.63) is 12.7 Å². The van der Waals surface area contributed by atoms with Gasteiger partial charge in [0, 0.05) is 0 Å². The Labute approximate surface area is 74.7 Å². The number of hydrogen-bond acceptors (Lipinski definition) is 2. The third-order valence-corrected chi connectivity index (χ3v) is 3.64. The van der Waals surface area contributed by atoms with Gasteiger partial charge in [-0.1, -0.05) is 19.9 Å². The van der Waals surface area contributed by atoms with E-state index in [0.29, 0.717) is 12.8 Å². The van der Waals surface area contributed by atoms with Crippen LogP contribution in [0.4, 0.5) is 0 Å². The first kappa shape index (κ1) is 11.6. The molecule has 0 amide bonds. The van der Waals surface area contributed by atoms with E-state index in [-0.39, 0.29) is 5.92 Å². The molecule has 12 heavy (non-hydrogen) atoms. The summed E-state index contributed by atoms with van der Waals surface area (Å²) in [5, 5.41) is 4.62. The Balaban J connectivity index is 4.45. The van der Waals surface area contributed by atoms with Gasteiger partial charge in [0.25, 0.3) is 0 Å².